The molecule has 0 bridgehead atoms. The van der Waals surface area contributed by atoms with E-state index in [1.807, 2.05) is 12.1 Å². The summed E-state index contributed by atoms with van der Waals surface area (Å²) in [5.41, 5.74) is 1.64. The summed E-state index contributed by atoms with van der Waals surface area (Å²) < 4.78 is 11.8. The second-order valence-electron chi connectivity index (χ2n) is 5.68. The Kier molecular flexibility index (Phi) is 6.32. The highest BCUT2D eigenvalue weighted by molar-refractivity contribution is 8.26. The Morgan fingerprint density at radius 3 is 2.59 bits per heavy atom. The third-order valence-electron chi connectivity index (χ3n) is 3.87. The Hall–Kier alpha value is -1.73. The van der Waals surface area contributed by atoms with Gasteiger partial charge in [-0.2, -0.15) is 0 Å². The average Bonchev–Trinajstić information content (AvgIpc) is 2.88. The molecule has 0 saturated carbocycles. The van der Waals surface area contributed by atoms with Gasteiger partial charge in [0.2, 0.25) is 0 Å². The van der Waals surface area contributed by atoms with Crippen LogP contribution in [0.3, 0.4) is 0 Å². The molecule has 0 N–H and O–H groups in total. The first-order valence-electron chi connectivity index (χ1n) is 7.85. The van der Waals surface area contributed by atoms with Crippen molar-refractivity contribution in [1.82, 2.24) is 4.90 Å². The van der Waals surface area contributed by atoms with Gasteiger partial charge in [0.25, 0.3) is 5.91 Å². The Bertz CT molecular complexity index is 947. The average molecular weight is 440 g/mol. The van der Waals surface area contributed by atoms with Crippen LogP contribution in [0.4, 0.5) is 0 Å². The van der Waals surface area contributed by atoms with Crippen LogP contribution >= 0.6 is 47.2 Å². The second kappa shape index (κ2) is 8.52. The minimum Gasteiger partial charge on any atom is -0.493 e. The number of carbonyl (C=O) groups excluding carboxylic acids is 1. The van der Waals surface area contributed by atoms with Crippen molar-refractivity contribution in [2.45, 2.75) is 6.61 Å². The minimum atomic E-state index is -0.110. The molecule has 0 aliphatic carbocycles. The van der Waals surface area contributed by atoms with Crippen LogP contribution in [-0.2, 0) is 11.4 Å². The molecule has 1 aliphatic heterocycles. The largest absolute Gasteiger partial charge is 0.493 e. The van der Waals surface area contributed by atoms with Gasteiger partial charge >= 0.3 is 0 Å². The Labute approximate surface area is 177 Å². The number of carbonyl (C=O) groups is 1. The zero-order valence-electron chi connectivity index (χ0n) is 14.5. The molecule has 0 atom stereocenters. The SMILES string of the molecule is COc1cc(C=C2SC(=S)N(C)C2=O)ccc1OCc1ccc(Cl)cc1Cl. The zero-order valence-corrected chi connectivity index (χ0v) is 17.6. The summed E-state index contributed by atoms with van der Waals surface area (Å²) in [6, 6.07) is 10.7. The van der Waals surface area contributed by atoms with Crippen molar-refractivity contribution >= 4 is 63.5 Å². The van der Waals surface area contributed by atoms with Crippen molar-refractivity contribution < 1.29 is 14.3 Å². The number of ether oxygens (including phenoxy) is 2. The van der Waals surface area contributed by atoms with Gasteiger partial charge < -0.3 is 9.47 Å². The van der Waals surface area contributed by atoms with Crippen LogP contribution in [0.5, 0.6) is 11.5 Å². The van der Waals surface area contributed by atoms with Crippen LogP contribution in [0.2, 0.25) is 10.0 Å². The molecule has 1 amide bonds. The summed E-state index contributed by atoms with van der Waals surface area (Å²) in [7, 11) is 3.23. The lowest BCUT2D eigenvalue weighted by Crippen LogP contribution is -2.22. The van der Waals surface area contributed by atoms with Crippen LogP contribution < -0.4 is 9.47 Å². The van der Waals surface area contributed by atoms with Crippen molar-refractivity contribution in [3.63, 3.8) is 0 Å². The number of amides is 1. The van der Waals surface area contributed by atoms with Gasteiger partial charge in [-0.15, -0.1) is 0 Å². The molecule has 0 radical (unpaired) electrons. The van der Waals surface area contributed by atoms with E-state index in [9.17, 15) is 4.79 Å². The third-order valence-corrected chi connectivity index (χ3v) is 5.94. The summed E-state index contributed by atoms with van der Waals surface area (Å²) >= 11 is 18.5. The molecule has 4 nitrogen and oxygen atoms in total. The van der Waals surface area contributed by atoms with Gasteiger partial charge in [0.15, 0.2) is 11.5 Å². The highest BCUT2D eigenvalue weighted by Gasteiger charge is 2.28. The van der Waals surface area contributed by atoms with Gasteiger partial charge in [0.05, 0.1) is 12.0 Å². The molecular weight excluding hydrogens is 425 g/mol. The molecule has 0 unspecified atom stereocenters. The lowest BCUT2D eigenvalue weighted by Gasteiger charge is -2.12. The molecule has 3 rings (SSSR count). The molecular formula is C19H15Cl2NO3S2. The predicted octanol–water partition coefficient (Wildman–Crippen LogP) is 5.41. The molecule has 1 heterocycles. The number of nitrogens with zero attached hydrogens (tertiary/aromatic N) is 1. The van der Waals surface area contributed by atoms with E-state index < -0.39 is 0 Å². The number of thioether (sulfide) groups is 1. The predicted molar refractivity (Wildman–Crippen MR) is 115 cm³/mol. The zero-order chi connectivity index (χ0) is 19.6. The van der Waals surface area contributed by atoms with Crippen LogP contribution in [0.15, 0.2) is 41.3 Å². The normalized spacial score (nSPS) is 15.6. The number of likely N-dealkylation sites (N-methyl/N-ethyl adjacent to an activating group) is 1. The standard InChI is InChI=1S/C19H15Cl2NO3S2/c1-22-18(23)17(27-19(22)26)8-11-3-6-15(16(7-11)24-2)25-10-12-4-5-13(20)9-14(12)21/h3-9H,10H2,1-2H3. The molecule has 27 heavy (non-hydrogen) atoms. The van der Waals surface area contributed by atoms with Gasteiger partial charge in [-0.3, -0.25) is 9.69 Å². The van der Waals surface area contributed by atoms with E-state index in [0.717, 1.165) is 11.1 Å². The Morgan fingerprint density at radius 1 is 1.19 bits per heavy atom. The van der Waals surface area contributed by atoms with Crippen LogP contribution in [-0.4, -0.2) is 29.3 Å². The summed E-state index contributed by atoms with van der Waals surface area (Å²) in [6.07, 6.45) is 1.78. The Morgan fingerprint density at radius 2 is 1.96 bits per heavy atom. The molecule has 0 spiro atoms. The van der Waals surface area contributed by atoms with E-state index in [2.05, 4.69) is 0 Å². The number of methoxy groups -OCH3 is 1. The maximum absolute atomic E-state index is 12.1. The van der Waals surface area contributed by atoms with Gasteiger partial charge in [-0.25, -0.2) is 0 Å². The molecule has 1 fully saturated rings. The minimum absolute atomic E-state index is 0.110. The van der Waals surface area contributed by atoms with Crippen molar-refractivity contribution in [2.75, 3.05) is 14.2 Å². The number of hydrogen-bond acceptors (Lipinski definition) is 5. The summed E-state index contributed by atoms with van der Waals surface area (Å²) in [5, 5.41) is 1.11. The van der Waals surface area contributed by atoms with Gasteiger partial charge in [-0.05, 0) is 35.9 Å². The fraction of sp³-hybridized carbons (Fsp3) is 0.158. The molecule has 2 aromatic rings. The van der Waals surface area contributed by atoms with Crippen LogP contribution in [0, 0.1) is 0 Å². The van der Waals surface area contributed by atoms with Crippen molar-refractivity contribution in [2.24, 2.45) is 0 Å². The first-order chi connectivity index (χ1) is 12.9. The van der Waals surface area contributed by atoms with Crippen molar-refractivity contribution in [1.29, 1.82) is 0 Å². The van der Waals surface area contributed by atoms with E-state index in [-0.39, 0.29) is 12.5 Å². The maximum Gasteiger partial charge on any atom is 0.265 e. The highest BCUT2D eigenvalue weighted by atomic mass is 35.5. The number of hydrogen-bond donors (Lipinski definition) is 0. The molecule has 2 aromatic carbocycles. The third kappa shape index (κ3) is 4.58. The van der Waals surface area contributed by atoms with Crippen LogP contribution in [0.25, 0.3) is 6.08 Å². The number of halogens is 2. The van der Waals surface area contributed by atoms with E-state index in [1.165, 1.54) is 16.7 Å². The van der Waals surface area contributed by atoms with Gasteiger partial charge in [0, 0.05) is 22.7 Å². The Balaban J connectivity index is 1.78. The van der Waals surface area contributed by atoms with Crippen molar-refractivity contribution in [3.8, 4) is 11.5 Å². The molecule has 1 saturated heterocycles. The quantitative estimate of drug-likeness (QED) is 0.459. The van der Waals surface area contributed by atoms with Crippen molar-refractivity contribution in [3.05, 3.63) is 62.5 Å². The van der Waals surface area contributed by atoms with Gasteiger partial charge in [0.1, 0.15) is 10.9 Å². The molecule has 8 heteroatoms. The first-order valence-corrected chi connectivity index (χ1v) is 9.83. The topological polar surface area (TPSA) is 38.8 Å². The van der Waals surface area contributed by atoms with Crippen LogP contribution in [0.1, 0.15) is 11.1 Å². The number of benzene rings is 2. The van der Waals surface area contributed by atoms with E-state index in [4.69, 9.17) is 44.9 Å². The smallest absolute Gasteiger partial charge is 0.265 e. The van der Waals surface area contributed by atoms with E-state index >= 15 is 0 Å². The number of thiocarbonyl (C=S) groups is 1. The number of rotatable bonds is 5. The monoisotopic (exact) mass is 439 g/mol. The molecule has 0 aromatic heterocycles. The summed E-state index contributed by atoms with van der Waals surface area (Å²) in [6.45, 7) is 0.278. The summed E-state index contributed by atoms with van der Waals surface area (Å²) in [5.74, 6) is 1.02. The fourth-order valence-electron chi connectivity index (χ4n) is 2.38. The van der Waals surface area contributed by atoms with E-state index in [1.54, 1.807) is 44.5 Å². The highest BCUT2D eigenvalue weighted by Crippen LogP contribution is 2.34. The lowest BCUT2D eigenvalue weighted by molar-refractivity contribution is -0.121. The lowest BCUT2D eigenvalue weighted by atomic mass is 10.2. The first kappa shape index (κ1) is 20.0. The van der Waals surface area contributed by atoms with Gasteiger partial charge in [-0.1, -0.05) is 59.3 Å². The summed E-state index contributed by atoms with van der Waals surface area (Å²) in [4.78, 5) is 14.2. The molecule has 140 valence electrons. The fourth-order valence-corrected chi connectivity index (χ4v) is 4.03. The maximum atomic E-state index is 12.1. The molecule has 1 aliphatic rings. The second-order valence-corrected chi connectivity index (χ2v) is 8.19. The van der Waals surface area contributed by atoms with E-state index in [0.29, 0.717) is 30.8 Å².